The molecular formula is C18H21FN2O3. The summed E-state index contributed by atoms with van der Waals surface area (Å²) in [7, 11) is 1.40. The molecule has 2 N–H and O–H groups in total. The van der Waals surface area contributed by atoms with Crippen LogP contribution >= 0.6 is 0 Å². The van der Waals surface area contributed by atoms with Gasteiger partial charge in [-0.3, -0.25) is 0 Å². The minimum absolute atomic E-state index is 0.171. The van der Waals surface area contributed by atoms with Gasteiger partial charge in [0.1, 0.15) is 11.6 Å². The summed E-state index contributed by atoms with van der Waals surface area (Å²) in [6.07, 6.45) is -0.672. The molecule has 0 spiro atoms. The lowest BCUT2D eigenvalue weighted by molar-refractivity contribution is 0.135. The summed E-state index contributed by atoms with van der Waals surface area (Å²) in [6, 6.07) is 13.0. The molecule has 0 aliphatic heterocycles. The van der Waals surface area contributed by atoms with E-state index in [4.69, 9.17) is 4.74 Å². The smallest absolute Gasteiger partial charge is 0.322 e. The summed E-state index contributed by atoms with van der Waals surface area (Å²) >= 11 is 0. The first-order valence-electron chi connectivity index (χ1n) is 7.61. The van der Waals surface area contributed by atoms with Gasteiger partial charge in [0, 0.05) is 19.2 Å². The number of nitrogens with one attached hydrogen (secondary N) is 1. The Hall–Kier alpha value is -2.60. The maximum absolute atomic E-state index is 13.3. The number of halogens is 1. The minimum Gasteiger partial charge on any atom is -0.494 e. The fraction of sp³-hybridized carbons (Fsp3) is 0.278. The lowest BCUT2D eigenvalue weighted by Gasteiger charge is -2.25. The minimum atomic E-state index is -0.672. The lowest BCUT2D eigenvalue weighted by Crippen LogP contribution is -2.39. The van der Waals surface area contributed by atoms with Crippen LogP contribution in [-0.4, -0.2) is 35.8 Å². The van der Waals surface area contributed by atoms with E-state index in [1.165, 1.54) is 30.2 Å². The maximum Gasteiger partial charge on any atom is 0.322 e. The van der Waals surface area contributed by atoms with Crippen molar-refractivity contribution in [3.8, 4) is 5.75 Å². The molecule has 0 fully saturated rings. The molecule has 0 saturated carbocycles. The summed E-state index contributed by atoms with van der Waals surface area (Å²) in [5, 5.41) is 12.4. The normalized spacial score (nSPS) is 11.7. The van der Waals surface area contributed by atoms with Crippen LogP contribution < -0.4 is 10.1 Å². The molecule has 0 aliphatic rings. The monoisotopic (exact) mass is 332 g/mol. The molecule has 0 radical (unpaired) electrons. The second kappa shape index (κ2) is 8.31. The summed E-state index contributed by atoms with van der Waals surface area (Å²) in [6.45, 7) is 2.13. The number of ether oxygens (including phenoxy) is 1. The highest BCUT2D eigenvalue weighted by Gasteiger charge is 2.18. The molecule has 0 saturated heterocycles. The standard InChI is InChI=1S/C18H21FN2O3/c1-13(22)11-21(12-14-6-4-3-5-7-14)18(23)20-16-9-8-15(19)10-17(16)24-2/h3-10,13,22H,11-12H2,1-2H3,(H,20,23)/t13-/m0/s1. The largest absolute Gasteiger partial charge is 0.494 e. The fourth-order valence-corrected chi connectivity index (χ4v) is 2.30. The number of hydrogen-bond acceptors (Lipinski definition) is 3. The molecule has 2 amide bonds. The number of methoxy groups -OCH3 is 1. The van der Waals surface area contributed by atoms with Gasteiger partial charge in [0.25, 0.3) is 0 Å². The van der Waals surface area contributed by atoms with Crippen LogP contribution in [0.4, 0.5) is 14.9 Å². The summed E-state index contributed by atoms with van der Waals surface area (Å²) in [5.41, 5.74) is 1.31. The zero-order chi connectivity index (χ0) is 17.5. The Morgan fingerprint density at radius 1 is 1.29 bits per heavy atom. The van der Waals surface area contributed by atoms with E-state index in [2.05, 4.69) is 5.32 Å². The third-order valence-electron chi connectivity index (χ3n) is 3.39. The van der Waals surface area contributed by atoms with Crippen LogP contribution in [0.25, 0.3) is 0 Å². The van der Waals surface area contributed by atoms with Crippen molar-refractivity contribution < 1.29 is 19.0 Å². The van der Waals surface area contributed by atoms with E-state index in [1.807, 2.05) is 30.3 Å². The molecule has 0 aliphatic carbocycles. The van der Waals surface area contributed by atoms with E-state index in [9.17, 15) is 14.3 Å². The summed E-state index contributed by atoms with van der Waals surface area (Å²) in [4.78, 5) is 14.0. The zero-order valence-electron chi connectivity index (χ0n) is 13.7. The molecule has 1 atom stereocenters. The topological polar surface area (TPSA) is 61.8 Å². The Morgan fingerprint density at radius 3 is 2.62 bits per heavy atom. The quantitative estimate of drug-likeness (QED) is 0.853. The van der Waals surface area contributed by atoms with Crippen LogP contribution in [0.5, 0.6) is 5.75 Å². The SMILES string of the molecule is COc1cc(F)ccc1NC(=O)N(Cc1ccccc1)C[C@H](C)O. The van der Waals surface area contributed by atoms with Crippen LogP contribution in [0.15, 0.2) is 48.5 Å². The Kier molecular flexibility index (Phi) is 6.14. The Balaban J connectivity index is 2.15. The van der Waals surface area contributed by atoms with E-state index in [0.717, 1.165) is 5.56 Å². The Labute approximate surface area is 140 Å². The van der Waals surface area contributed by atoms with Gasteiger partial charge in [0.2, 0.25) is 0 Å². The molecule has 24 heavy (non-hydrogen) atoms. The average Bonchev–Trinajstić information content (AvgIpc) is 2.56. The third-order valence-corrected chi connectivity index (χ3v) is 3.39. The van der Waals surface area contributed by atoms with Crippen molar-refractivity contribution in [1.29, 1.82) is 0 Å². The van der Waals surface area contributed by atoms with Crippen molar-refractivity contribution in [3.63, 3.8) is 0 Å². The number of aliphatic hydroxyl groups excluding tert-OH is 1. The van der Waals surface area contributed by atoms with Crippen LogP contribution in [0.1, 0.15) is 12.5 Å². The van der Waals surface area contributed by atoms with E-state index < -0.39 is 18.0 Å². The van der Waals surface area contributed by atoms with Crippen LogP contribution in [0.2, 0.25) is 0 Å². The maximum atomic E-state index is 13.3. The van der Waals surface area contributed by atoms with E-state index in [0.29, 0.717) is 12.2 Å². The highest BCUT2D eigenvalue weighted by molar-refractivity contribution is 5.91. The first kappa shape index (κ1) is 17.7. The van der Waals surface area contributed by atoms with Gasteiger partial charge in [-0.2, -0.15) is 0 Å². The number of hydrogen-bond donors (Lipinski definition) is 2. The molecule has 2 rings (SSSR count). The van der Waals surface area contributed by atoms with Gasteiger partial charge in [-0.15, -0.1) is 0 Å². The molecule has 0 bridgehead atoms. The summed E-state index contributed by atoms with van der Waals surface area (Å²) in [5.74, 6) is -0.213. The number of nitrogens with zero attached hydrogens (tertiary/aromatic N) is 1. The predicted molar refractivity (Wildman–Crippen MR) is 90.5 cm³/mol. The molecule has 128 valence electrons. The average molecular weight is 332 g/mol. The number of carbonyl (C=O) groups excluding carboxylic acids is 1. The third kappa shape index (κ3) is 4.96. The zero-order valence-corrected chi connectivity index (χ0v) is 13.7. The number of carbonyl (C=O) groups is 1. The number of urea groups is 1. The van der Waals surface area contributed by atoms with Gasteiger partial charge >= 0.3 is 6.03 Å². The number of rotatable bonds is 6. The van der Waals surface area contributed by atoms with Crippen molar-refractivity contribution >= 4 is 11.7 Å². The molecular weight excluding hydrogens is 311 g/mol. The van der Waals surface area contributed by atoms with Crippen LogP contribution in [0, 0.1) is 5.82 Å². The van der Waals surface area contributed by atoms with E-state index in [-0.39, 0.29) is 12.3 Å². The first-order valence-corrected chi connectivity index (χ1v) is 7.61. The lowest BCUT2D eigenvalue weighted by atomic mass is 10.2. The van der Waals surface area contributed by atoms with Gasteiger partial charge in [-0.25, -0.2) is 9.18 Å². The van der Waals surface area contributed by atoms with Crippen molar-refractivity contribution in [2.75, 3.05) is 19.0 Å². The van der Waals surface area contributed by atoms with Crippen molar-refractivity contribution in [2.24, 2.45) is 0 Å². The van der Waals surface area contributed by atoms with E-state index in [1.54, 1.807) is 6.92 Å². The van der Waals surface area contributed by atoms with Crippen LogP contribution in [-0.2, 0) is 6.54 Å². The van der Waals surface area contributed by atoms with Crippen molar-refractivity contribution in [1.82, 2.24) is 4.90 Å². The van der Waals surface area contributed by atoms with Gasteiger partial charge in [0.05, 0.1) is 18.9 Å². The fourth-order valence-electron chi connectivity index (χ4n) is 2.30. The Bertz CT molecular complexity index is 677. The second-order valence-corrected chi connectivity index (χ2v) is 5.49. The number of anilines is 1. The molecule has 6 heteroatoms. The molecule has 0 aromatic heterocycles. The number of amides is 2. The molecule has 0 unspecified atom stereocenters. The van der Waals surface area contributed by atoms with Crippen molar-refractivity contribution in [3.05, 3.63) is 59.9 Å². The molecule has 2 aromatic rings. The highest BCUT2D eigenvalue weighted by Crippen LogP contribution is 2.25. The number of benzene rings is 2. The van der Waals surface area contributed by atoms with Gasteiger partial charge in [0.15, 0.2) is 0 Å². The number of aliphatic hydroxyl groups is 1. The van der Waals surface area contributed by atoms with Gasteiger partial charge in [-0.05, 0) is 24.6 Å². The van der Waals surface area contributed by atoms with Gasteiger partial charge in [-0.1, -0.05) is 30.3 Å². The predicted octanol–water partition coefficient (Wildman–Crippen LogP) is 3.25. The van der Waals surface area contributed by atoms with Crippen LogP contribution in [0.3, 0.4) is 0 Å². The summed E-state index contributed by atoms with van der Waals surface area (Å²) < 4.78 is 18.3. The van der Waals surface area contributed by atoms with E-state index >= 15 is 0 Å². The highest BCUT2D eigenvalue weighted by atomic mass is 19.1. The molecule has 5 nitrogen and oxygen atoms in total. The molecule has 0 heterocycles. The van der Waals surface area contributed by atoms with Gasteiger partial charge < -0.3 is 20.1 Å². The Morgan fingerprint density at radius 2 is 2.00 bits per heavy atom. The molecule has 2 aromatic carbocycles. The van der Waals surface area contributed by atoms with Crippen molar-refractivity contribution in [2.45, 2.75) is 19.6 Å². The first-order chi connectivity index (χ1) is 11.5. The second-order valence-electron chi connectivity index (χ2n) is 5.49.